The molecule has 0 heterocycles. The van der Waals surface area contributed by atoms with Crippen LogP contribution in [0.15, 0.2) is 24.3 Å². The number of benzene rings is 1. The third kappa shape index (κ3) is 3.85. The average Bonchev–Trinajstić information content (AvgIpc) is 3.32. The van der Waals surface area contributed by atoms with E-state index in [9.17, 15) is 0 Å². The summed E-state index contributed by atoms with van der Waals surface area (Å²) in [6, 6.07) is 9.92. The Bertz CT molecular complexity index is 391. The Labute approximate surface area is 125 Å². The van der Waals surface area contributed by atoms with Crippen LogP contribution in [0.1, 0.15) is 76.5 Å². The highest BCUT2D eigenvalue weighted by Gasteiger charge is 2.33. The van der Waals surface area contributed by atoms with Gasteiger partial charge in [-0.1, -0.05) is 52.0 Å². The average molecular weight is 273 g/mol. The molecule has 1 aromatic carbocycles. The predicted molar refractivity (Wildman–Crippen MR) is 88.1 cm³/mol. The maximum atomic E-state index is 3.77. The Morgan fingerprint density at radius 2 is 1.65 bits per heavy atom. The first-order valence-corrected chi connectivity index (χ1v) is 8.50. The van der Waals surface area contributed by atoms with Crippen LogP contribution in [0.3, 0.4) is 0 Å². The van der Waals surface area contributed by atoms with Crippen LogP contribution in [0.5, 0.6) is 0 Å². The Kier molecular flexibility index (Phi) is 5.65. The molecule has 112 valence electrons. The van der Waals surface area contributed by atoms with Crippen LogP contribution < -0.4 is 5.32 Å². The van der Waals surface area contributed by atoms with Gasteiger partial charge in [-0.15, -0.1) is 0 Å². The molecule has 0 radical (unpaired) electrons. The van der Waals surface area contributed by atoms with Crippen molar-refractivity contribution in [1.82, 2.24) is 5.32 Å². The van der Waals surface area contributed by atoms with Crippen LogP contribution >= 0.6 is 0 Å². The zero-order valence-corrected chi connectivity index (χ0v) is 13.7. The summed E-state index contributed by atoms with van der Waals surface area (Å²) in [6.45, 7) is 10.4. The van der Waals surface area contributed by atoms with Crippen molar-refractivity contribution in [3.05, 3.63) is 35.4 Å². The summed E-state index contributed by atoms with van der Waals surface area (Å²) >= 11 is 0. The van der Waals surface area contributed by atoms with Crippen molar-refractivity contribution in [2.24, 2.45) is 11.8 Å². The molecule has 1 aliphatic carbocycles. The van der Waals surface area contributed by atoms with Crippen LogP contribution in [0.4, 0.5) is 0 Å². The van der Waals surface area contributed by atoms with E-state index in [0.29, 0.717) is 12.0 Å². The highest BCUT2D eigenvalue weighted by molar-refractivity contribution is 5.27. The minimum Gasteiger partial charge on any atom is -0.310 e. The van der Waals surface area contributed by atoms with Gasteiger partial charge in [0.2, 0.25) is 0 Å². The Balaban J connectivity index is 2.10. The lowest BCUT2D eigenvalue weighted by Gasteiger charge is -2.26. The molecule has 1 N–H and O–H groups in total. The first-order chi connectivity index (χ1) is 9.67. The third-order valence-electron chi connectivity index (χ3n) is 4.98. The minimum atomic E-state index is 0.536. The van der Waals surface area contributed by atoms with Crippen molar-refractivity contribution in [3.8, 4) is 0 Å². The van der Waals surface area contributed by atoms with E-state index in [2.05, 4.69) is 57.3 Å². The quantitative estimate of drug-likeness (QED) is 0.679. The first kappa shape index (κ1) is 15.6. The molecule has 0 aromatic heterocycles. The van der Waals surface area contributed by atoms with Crippen molar-refractivity contribution in [2.75, 3.05) is 6.54 Å². The van der Waals surface area contributed by atoms with Crippen molar-refractivity contribution < 1.29 is 0 Å². The highest BCUT2D eigenvalue weighted by Crippen LogP contribution is 2.42. The molecule has 0 spiro atoms. The summed E-state index contributed by atoms with van der Waals surface area (Å²) in [7, 11) is 0. The van der Waals surface area contributed by atoms with Crippen LogP contribution in [-0.2, 0) is 0 Å². The Morgan fingerprint density at radius 3 is 2.15 bits per heavy atom. The van der Waals surface area contributed by atoms with Crippen LogP contribution in [0.25, 0.3) is 0 Å². The normalized spacial score (nSPS) is 19.6. The van der Waals surface area contributed by atoms with E-state index in [1.54, 1.807) is 0 Å². The molecule has 0 bridgehead atoms. The van der Waals surface area contributed by atoms with Gasteiger partial charge in [-0.05, 0) is 61.1 Å². The van der Waals surface area contributed by atoms with Gasteiger partial charge in [0.05, 0.1) is 0 Å². The molecule has 0 aliphatic heterocycles. The number of hydrogen-bond acceptors (Lipinski definition) is 1. The fourth-order valence-electron chi connectivity index (χ4n) is 3.07. The van der Waals surface area contributed by atoms with Gasteiger partial charge in [-0.2, -0.15) is 0 Å². The van der Waals surface area contributed by atoms with Crippen LogP contribution in [0, 0.1) is 11.8 Å². The standard InChI is InChI=1S/C19H31N/c1-5-13-20-19(15(4)17-9-10-17)18-11-7-16(8-12-18)14(3)6-2/h7-8,11-12,14-15,17,19-20H,5-6,9-10,13H2,1-4H3. The predicted octanol–water partition coefficient (Wildman–Crippen LogP) is 5.29. The number of nitrogens with one attached hydrogen (secondary N) is 1. The van der Waals surface area contributed by atoms with Crippen LogP contribution in [-0.4, -0.2) is 6.54 Å². The van der Waals surface area contributed by atoms with Gasteiger partial charge in [-0.3, -0.25) is 0 Å². The van der Waals surface area contributed by atoms with Gasteiger partial charge in [0.1, 0.15) is 0 Å². The van der Waals surface area contributed by atoms with Crippen LogP contribution in [0.2, 0.25) is 0 Å². The highest BCUT2D eigenvalue weighted by atomic mass is 14.9. The summed E-state index contributed by atoms with van der Waals surface area (Å²) in [4.78, 5) is 0. The molecule has 2 rings (SSSR count). The van der Waals surface area contributed by atoms with Gasteiger partial charge >= 0.3 is 0 Å². The van der Waals surface area contributed by atoms with E-state index in [-0.39, 0.29) is 0 Å². The van der Waals surface area contributed by atoms with Crippen molar-refractivity contribution >= 4 is 0 Å². The smallest absolute Gasteiger partial charge is 0.0348 e. The molecule has 1 fully saturated rings. The summed E-state index contributed by atoms with van der Waals surface area (Å²) < 4.78 is 0. The molecular formula is C19H31N. The summed E-state index contributed by atoms with van der Waals surface area (Å²) in [6.07, 6.45) is 5.28. The maximum absolute atomic E-state index is 3.77. The van der Waals surface area contributed by atoms with Gasteiger partial charge in [0.15, 0.2) is 0 Å². The zero-order chi connectivity index (χ0) is 14.5. The monoisotopic (exact) mass is 273 g/mol. The summed E-state index contributed by atoms with van der Waals surface area (Å²) in [5.41, 5.74) is 2.95. The first-order valence-electron chi connectivity index (χ1n) is 8.50. The van der Waals surface area contributed by atoms with E-state index in [1.807, 2.05) is 0 Å². The Hall–Kier alpha value is -0.820. The fraction of sp³-hybridized carbons (Fsp3) is 0.684. The zero-order valence-electron chi connectivity index (χ0n) is 13.7. The SMILES string of the molecule is CCCNC(c1ccc(C(C)CC)cc1)C(C)C1CC1. The number of hydrogen-bond donors (Lipinski definition) is 1. The van der Waals surface area contributed by atoms with E-state index in [0.717, 1.165) is 18.4 Å². The van der Waals surface area contributed by atoms with Gasteiger partial charge in [0.25, 0.3) is 0 Å². The molecule has 1 nitrogen and oxygen atoms in total. The molecule has 1 heteroatoms. The molecule has 0 saturated heterocycles. The lowest BCUT2D eigenvalue weighted by atomic mass is 9.88. The maximum Gasteiger partial charge on any atom is 0.0348 e. The van der Waals surface area contributed by atoms with Crippen molar-refractivity contribution in [3.63, 3.8) is 0 Å². The Morgan fingerprint density at radius 1 is 1.05 bits per heavy atom. The lowest BCUT2D eigenvalue weighted by Crippen LogP contribution is -2.28. The van der Waals surface area contributed by atoms with E-state index in [1.165, 1.54) is 36.8 Å². The molecule has 1 aliphatic rings. The van der Waals surface area contributed by atoms with Gasteiger partial charge in [0, 0.05) is 6.04 Å². The van der Waals surface area contributed by atoms with Gasteiger partial charge in [-0.25, -0.2) is 0 Å². The minimum absolute atomic E-state index is 0.536. The second kappa shape index (κ2) is 7.26. The molecule has 20 heavy (non-hydrogen) atoms. The molecule has 3 atom stereocenters. The topological polar surface area (TPSA) is 12.0 Å². The molecular weight excluding hydrogens is 242 g/mol. The lowest BCUT2D eigenvalue weighted by molar-refractivity contribution is 0.350. The van der Waals surface area contributed by atoms with Gasteiger partial charge < -0.3 is 5.32 Å². The van der Waals surface area contributed by atoms with E-state index in [4.69, 9.17) is 0 Å². The second-order valence-corrected chi connectivity index (χ2v) is 6.60. The van der Waals surface area contributed by atoms with E-state index >= 15 is 0 Å². The third-order valence-corrected chi connectivity index (χ3v) is 4.98. The molecule has 1 aromatic rings. The molecule has 3 unspecified atom stereocenters. The fourth-order valence-corrected chi connectivity index (χ4v) is 3.07. The van der Waals surface area contributed by atoms with Crippen molar-refractivity contribution in [2.45, 2.75) is 65.3 Å². The molecule has 1 saturated carbocycles. The summed E-state index contributed by atoms with van der Waals surface area (Å²) in [5.74, 6) is 2.38. The number of rotatable bonds is 8. The molecule has 0 amide bonds. The second-order valence-electron chi connectivity index (χ2n) is 6.60. The van der Waals surface area contributed by atoms with E-state index < -0.39 is 0 Å². The van der Waals surface area contributed by atoms with Crippen molar-refractivity contribution in [1.29, 1.82) is 0 Å². The summed E-state index contributed by atoms with van der Waals surface area (Å²) in [5, 5.41) is 3.77. The largest absolute Gasteiger partial charge is 0.310 e.